The average molecular weight is 214 g/mol. The molecule has 15 heavy (non-hydrogen) atoms. The third kappa shape index (κ3) is 6.19. The maximum atomic E-state index is 2.35. The van der Waals surface area contributed by atoms with Crippen LogP contribution in [-0.4, -0.2) is 30.7 Å². The fourth-order valence-electron chi connectivity index (χ4n) is 1.62. The first-order valence-electron chi connectivity index (χ1n) is 6.64. The van der Waals surface area contributed by atoms with Crippen LogP contribution in [0.3, 0.4) is 0 Å². The molecule has 0 aliphatic heterocycles. The summed E-state index contributed by atoms with van der Waals surface area (Å²) in [6, 6.07) is 0. The average Bonchev–Trinajstić information content (AvgIpc) is 2.09. The Bertz CT molecular complexity index is 153. The number of quaternary nitrogens is 1. The third-order valence-corrected chi connectivity index (χ3v) is 3.89. The second kappa shape index (κ2) is 6.52. The Morgan fingerprint density at radius 2 is 1.27 bits per heavy atom. The van der Waals surface area contributed by atoms with Crippen LogP contribution in [0.15, 0.2) is 0 Å². The summed E-state index contributed by atoms with van der Waals surface area (Å²) in [6.45, 7) is 10.6. The monoisotopic (exact) mass is 214 g/mol. The van der Waals surface area contributed by atoms with Crippen LogP contribution in [0.4, 0.5) is 0 Å². The Morgan fingerprint density at radius 1 is 0.800 bits per heavy atom. The van der Waals surface area contributed by atoms with Crippen LogP contribution in [0.25, 0.3) is 0 Å². The number of rotatable bonds is 7. The van der Waals surface area contributed by atoms with Gasteiger partial charge in [-0.3, -0.25) is 0 Å². The highest BCUT2D eigenvalue weighted by atomic mass is 15.4. The number of hydrogen-bond acceptors (Lipinski definition) is 0. The van der Waals surface area contributed by atoms with E-state index in [1.807, 2.05) is 0 Å². The minimum absolute atomic E-state index is 0.378. The van der Waals surface area contributed by atoms with Crippen LogP contribution in [0, 0.1) is 0 Å². The lowest BCUT2D eigenvalue weighted by atomic mass is 10.0. The van der Waals surface area contributed by atoms with Crippen molar-refractivity contribution >= 4 is 0 Å². The molecule has 0 heterocycles. The normalized spacial score (nSPS) is 13.2. The van der Waals surface area contributed by atoms with Crippen molar-refractivity contribution in [1.29, 1.82) is 0 Å². The first-order chi connectivity index (χ1) is 6.81. The number of unbranched alkanes of at least 4 members (excludes halogenated alkanes) is 5. The van der Waals surface area contributed by atoms with E-state index in [9.17, 15) is 0 Å². The maximum absolute atomic E-state index is 2.35. The highest BCUT2D eigenvalue weighted by molar-refractivity contribution is 4.60. The van der Waals surface area contributed by atoms with Crippen molar-refractivity contribution in [2.75, 3.05) is 20.6 Å². The van der Waals surface area contributed by atoms with E-state index in [1.165, 1.54) is 45.1 Å². The lowest BCUT2D eigenvalue weighted by molar-refractivity contribution is -0.935. The van der Waals surface area contributed by atoms with Gasteiger partial charge < -0.3 is 4.48 Å². The molecule has 0 amide bonds. The first kappa shape index (κ1) is 15.0. The fourth-order valence-corrected chi connectivity index (χ4v) is 1.62. The van der Waals surface area contributed by atoms with E-state index in [4.69, 9.17) is 0 Å². The molecule has 0 aromatic rings. The largest absolute Gasteiger partial charge is 0.324 e. The zero-order valence-corrected chi connectivity index (χ0v) is 11.9. The van der Waals surface area contributed by atoms with Crippen molar-refractivity contribution in [3.63, 3.8) is 0 Å². The lowest BCUT2D eigenvalue weighted by Crippen LogP contribution is -2.54. The Labute approximate surface area is 97.5 Å². The number of nitrogens with zero attached hydrogens (tertiary/aromatic N) is 1. The van der Waals surface area contributed by atoms with E-state index in [-0.39, 0.29) is 0 Å². The van der Waals surface area contributed by atoms with Gasteiger partial charge in [0.25, 0.3) is 0 Å². The SMILES string of the molecule is CCCCCCCC[N+](C)(C)C(C)(C)C. The summed E-state index contributed by atoms with van der Waals surface area (Å²) in [6.07, 6.45) is 8.42. The second-order valence-corrected chi connectivity index (χ2v) is 6.35. The molecule has 0 saturated heterocycles. The van der Waals surface area contributed by atoms with Crippen LogP contribution in [0.5, 0.6) is 0 Å². The van der Waals surface area contributed by atoms with Gasteiger partial charge in [0.05, 0.1) is 26.2 Å². The molecule has 0 aliphatic carbocycles. The predicted octanol–water partition coefficient (Wildman–Crippen LogP) is 4.22. The summed E-state index contributed by atoms with van der Waals surface area (Å²) in [5, 5.41) is 0. The molecule has 1 heteroatoms. The van der Waals surface area contributed by atoms with E-state index in [1.54, 1.807) is 0 Å². The van der Waals surface area contributed by atoms with Crippen molar-refractivity contribution in [2.45, 2.75) is 71.8 Å². The molecule has 92 valence electrons. The standard InChI is InChI=1S/C14H32N/c1-7-8-9-10-11-12-13-15(5,6)14(2,3)4/h7-13H2,1-6H3/q+1. The van der Waals surface area contributed by atoms with Gasteiger partial charge in [0.2, 0.25) is 0 Å². The summed E-state index contributed by atoms with van der Waals surface area (Å²) in [7, 11) is 4.71. The van der Waals surface area contributed by atoms with Gasteiger partial charge in [-0.05, 0) is 33.6 Å². The van der Waals surface area contributed by atoms with Crippen molar-refractivity contribution in [3.8, 4) is 0 Å². The number of hydrogen-bond donors (Lipinski definition) is 0. The minimum atomic E-state index is 0.378. The first-order valence-corrected chi connectivity index (χ1v) is 6.64. The quantitative estimate of drug-likeness (QED) is 0.440. The molecule has 0 bridgehead atoms. The molecular formula is C14H32N+. The Hall–Kier alpha value is -0.0400. The zero-order chi connectivity index (χ0) is 11.9. The smallest absolute Gasteiger partial charge is 0.0903 e. The van der Waals surface area contributed by atoms with Crippen molar-refractivity contribution in [3.05, 3.63) is 0 Å². The summed E-state index contributed by atoms with van der Waals surface area (Å²) >= 11 is 0. The Balaban J connectivity index is 3.58. The predicted molar refractivity (Wildman–Crippen MR) is 70.1 cm³/mol. The summed E-state index contributed by atoms with van der Waals surface area (Å²) in [5.74, 6) is 0. The van der Waals surface area contributed by atoms with Crippen molar-refractivity contribution < 1.29 is 4.48 Å². The van der Waals surface area contributed by atoms with Gasteiger partial charge in [-0.25, -0.2) is 0 Å². The van der Waals surface area contributed by atoms with Crippen LogP contribution in [-0.2, 0) is 0 Å². The Kier molecular flexibility index (Phi) is 6.51. The molecule has 0 aromatic carbocycles. The Morgan fingerprint density at radius 3 is 1.73 bits per heavy atom. The van der Waals surface area contributed by atoms with Gasteiger partial charge in [-0.1, -0.05) is 32.6 Å². The zero-order valence-electron chi connectivity index (χ0n) is 11.9. The van der Waals surface area contributed by atoms with Crippen molar-refractivity contribution in [2.24, 2.45) is 0 Å². The summed E-state index contributed by atoms with van der Waals surface area (Å²) in [4.78, 5) is 0. The van der Waals surface area contributed by atoms with Gasteiger partial charge in [0.15, 0.2) is 0 Å². The minimum Gasteiger partial charge on any atom is -0.324 e. The van der Waals surface area contributed by atoms with Crippen LogP contribution >= 0.6 is 0 Å². The molecule has 0 radical (unpaired) electrons. The van der Waals surface area contributed by atoms with E-state index >= 15 is 0 Å². The molecular weight excluding hydrogens is 182 g/mol. The van der Waals surface area contributed by atoms with E-state index in [2.05, 4.69) is 41.8 Å². The molecule has 1 nitrogen and oxygen atoms in total. The molecule has 0 unspecified atom stereocenters. The van der Waals surface area contributed by atoms with Crippen molar-refractivity contribution in [1.82, 2.24) is 0 Å². The van der Waals surface area contributed by atoms with Crippen LogP contribution in [0.1, 0.15) is 66.2 Å². The fraction of sp³-hybridized carbons (Fsp3) is 1.00. The maximum Gasteiger partial charge on any atom is 0.0903 e. The van der Waals surface area contributed by atoms with E-state index < -0.39 is 0 Å². The highest BCUT2D eigenvalue weighted by Crippen LogP contribution is 2.20. The molecule has 0 atom stereocenters. The summed E-state index contributed by atoms with van der Waals surface area (Å²) in [5.41, 5.74) is 0.378. The molecule has 0 spiro atoms. The van der Waals surface area contributed by atoms with Gasteiger partial charge >= 0.3 is 0 Å². The van der Waals surface area contributed by atoms with Crippen LogP contribution < -0.4 is 0 Å². The molecule has 0 N–H and O–H groups in total. The third-order valence-electron chi connectivity index (χ3n) is 3.89. The summed E-state index contributed by atoms with van der Waals surface area (Å²) < 4.78 is 1.14. The topological polar surface area (TPSA) is 0 Å². The highest BCUT2D eigenvalue weighted by Gasteiger charge is 2.30. The van der Waals surface area contributed by atoms with Gasteiger partial charge in [-0.2, -0.15) is 0 Å². The van der Waals surface area contributed by atoms with Gasteiger partial charge in [-0.15, -0.1) is 0 Å². The molecule has 0 aliphatic rings. The lowest BCUT2D eigenvalue weighted by Gasteiger charge is -2.42. The van der Waals surface area contributed by atoms with Gasteiger partial charge in [0.1, 0.15) is 0 Å². The molecule has 0 rings (SSSR count). The van der Waals surface area contributed by atoms with Crippen LogP contribution in [0.2, 0.25) is 0 Å². The van der Waals surface area contributed by atoms with E-state index in [0.717, 1.165) is 4.48 Å². The second-order valence-electron chi connectivity index (χ2n) is 6.35. The van der Waals surface area contributed by atoms with E-state index in [0.29, 0.717) is 5.54 Å². The van der Waals surface area contributed by atoms with Gasteiger partial charge in [0, 0.05) is 0 Å². The molecule has 0 saturated carbocycles. The molecule has 0 aromatic heterocycles. The molecule has 0 fully saturated rings.